The van der Waals surface area contributed by atoms with Crippen molar-refractivity contribution >= 4 is 5.71 Å². The van der Waals surface area contributed by atoms with Crippen LogP contribution in [0.5, 0.6) is 5.75 Å². The van der Waals surface area contributed by atoms with Crippen LogP contribution < -0.4 is 0 Å². The van der Waals surface area contributed by atoms with Gasteiger partial charge in [0.1, 0.15) is 5.75 Å². The quantitative estimate of drug-likeness (QED) is 0.796. The van der Waals surface area contributed by atoms with Gasteiger partial charge in [-0.05, 0) is 36.1 Å². The highest BCUT2D eigenvalue weighted by atomic mass is 16.3. The highest BCUT2D eigenvalue weighted by Gasteiger charge is 2.15. The Morgan fingerprint density at radius 2 is 1.53 bits per heavy atom. The molecule has 0 radical (unpaired) electrons. The van der Waals surface area contributed by atoms with Crippen LogP contribution in [0, 0.1) is 5.41 Å². The molecule has 2 rings (SSSR count). The zero-order valence-corrected chi connectivity index (χ0v) is 11.4. The van der Waals surface area contributed by atoms with Crippen LogP contribution in [-0.4, -0.2) is 10.8 Å². The summed E-state index contributed by atoms with van der Waals surface area (Å²) in [4.78, 5) is 0. The maximum Gasteiger partial charge on any atom is 0.124 e. The Morgan fingerprint density at radius 3 is 2.05 bits per heavy atom. The summed E-state index contributed by atoms with van der Waals surface area (Å²) in [7, 11) is 0. The first kappa shape index (κ1) is 13.3. The Hall–Kier alpha value is -2.09. The number of phenolic OH excluding ortho intramolecular Hbond substituents is 1. The second kappa shape index (κ2) is 5.70. The van der Waals surface area contributed by atoms with E-state index in [1.54, 1.807) is 18.2 Å². The highest BCUT2D eigenvalue weighted by molar-refractivity contribution is 6.14. The minimum Gasteiger partial charge on any atom is -0.507 e. The Kier molecular flexibility index (Phi) is 4.00. The molecule has 0 aliphatic rings. The smallest absolute Gasteiger partial charge is 0.124 e. The van der Waals surface area contributed by atoms with Crippen LogP contribution in [0.15, 0.2) is 42.5 Å². The fourth-order valence-corrected chi connectivity index (χ4v) is 2.38. The molecule has 0 bridgehead atoms. The number of phenols is 1. The molecule has 2 heteroatoms. The van der Waals surface area contributed by atoms with E-state index < -0.39 is 0 Å². The van der Waals surface area contributed by atoms with E-state index in [-0.39, 0.29) is 5.75 Å². The summed E-state index contributed by atoms with van der Waals surface area (Å²) in [6.45, 7) is 4.19. The predicted octanol–water partition coefficient (Wildman–Crippen LogP) is 3.93. The van der Waals surface area contributed by atoms with Gasteiger partial charge < -0.3 is 5.11 Å². The first-order valence-corrected chi connectivity index (χ1v) is 6.67. The molecule has 2 N–H and O–H groups in total. The molecule has 0 heterocycles. The average molecular weight is 253 g/mol. The van der Waals surface area contributed by atoms with Crippen molar-refractivity contribution in [3.8, 4) is 5.75 Å². The molecule has 0 aromatic heterocycles. The van der Waals surface area contributed by atoms with E-state index in [0.717, 1.165) is 29.5 Å². The van der Waals surface area contributed by atoms with Gasteiger partial charge in [0.2, 0.25) is 0 Å². The van der Waals surface area contributed by atoms with Gasteiger partial charge in [-0.25, -0.2) is 0 Å². The molecule has 98 valence electrons. The third-order valence-electron chi connectivity index (χ3n) is 3.42. The summed E-state index contributed by atoms with van der Waals surface area (Å²) in [6.07, 6.45) is 1.78. The maximum atomic E-state index is 9.93. The Bertz CT molecular complexity index is 580. The van der Waals surface area contributed by atoms with Crippen molar-refractivity contribution in [2.45, 2.75) is 26.7 Å². The SMILES string of the molecule is CCc1cccc(CC)c1C(=N)c1ccccc1O. The number of aromatic hydroxyl groups is 1. The van der Waals surface area contributed by atoms with Gasteiger partial charge in [-0.1, -0.05) is 44.2 Å². The van der Waals surface area contributed by atoms with Crippen LogP contribution in [0.1, 0.15) is 36.1 Å². The minimum atomic E-state index is 0.167. The molecule has 0 aliphatic carbocycles. The first-order valence-electron chi connectivity index (χ1n) is 6.67. The highest BCUT2D eigenvalue weighted by Crippen LogP contribution is 2.25. The van der Waals surface area contributed by atoms with E-state index in [1.807, 2.05) is 12.1 Å². The molecule has 0 atom stereocenters. The fraction of sp³-hybridized carbons (Fsp3) is 0.235. The zero-order chi connectivity index (χ0) is 13.8. The second-order valence-electron chi connectivity index (χ2n) is 4.55. The number of rotatable bonds is 4. The first-order chi connectivity index (χ1) is 9.19. The van der Waals surface area contributed by atoms with Gasteiger partial charge in [0.05, 0.1) is 5.71 Å². The van der Waals surface area contributed by atoms with Crippen molar-refractivity contribution < 1.29 is 5.11 Å². The van der Waals surface area contributed by atoms with Crippen LogP contribution in [0.2, 0.25) is 0 Å². The number of aryl methyl sites for hydroxylation is 2. The fourth-order valence-electron chi connectivity index (χ4n) is 2.38. The van der Waals surface area contributed by atoms with E-state index >= 15 is 0 Å². The lowest BCUT2D eigenvalue weighted by Gasteiger charge is -2.15. The van der Waals surface area contributed by atoms with Crippen molar-refractivity contribution in [3.63, 3.8) is 0 Å². The zero-order valence-electron chi connectivity index (χ0n) is 11.4. The minimum absolute atomic E-state index is 0.167. The molecule has 0 saturated carbocycles. The van der Waals surface area contributed by atoms with Crippen molar-refractivity contribution in [2.24, 2.45) is 0 Å². The molecule has 0 spiro atoms. The lowest BCUT2D eigenvalue weighted by atomic mass is 9.90. The van der Waals surface area contributed by atoms with Gasteiger partial charge >= 0.3 is 0 Å². The van der Waals surface area contributed by atoms with Crippen LogP contribution in [0.25, 0.3) is 0 Å². The molecule has 2 aromatic rings. The van der Waals surface area contributed by atoms with E-state index in [2.05, 4.69) is 26.0 Å². The molecular formula is C17H19NO. The van der Waals surface area contributed by atoms with Gasteiger partial charge in [0.15, 0.2) is 0 Å². The summed E-state index contributed by atoms with van der Waals surface area (Å²) >= 11 is 0. The maximum absolute atomic E-state index is 9.93. The van der Waals surface area contributed by atoms with Crippen molar-refractivity contribution in [3.05, 3.63) is 64.7 Å². The molecular weight excluding hydrogens is 234 g/mol. The third-order valence-corrected chi connectivity index (χ3v) is 3.42. The topological polar surface area (TPSA) is 44.1 Å². The van der Waals surface area contributed by atoms with Gasteiger partial charge in [0, 0.05) is 11.1 Å². The summed E-state index contributed by atoms with van der Waals surface area (Å²) in [5, 5.41) is 18.4. The molecule has 0 unspecified atom stereocenters. The van der Waals surface area contributed by atoms with E-state index in [4.69, 9.17) is 5.41 Å². The van der Waals surface area contributed by atoms with Crippen molar-refractivity contribution in [1.82, 2.24) is 0 Å². The van der Waals surface area contributed by atoms with Gasteiger partial charge in [-0.2, -0.15) is 0 Å². The van der Waals surface area contributed by atoms with E-state index in [0.29, 0.717) is 11.3 Å². The molecule has 0 amide bonds. The second-order valence-corrected chi connectivity index (χ2v) is 4.55. The molecule has 19 heavy (non-hydrogen) atoms. The number of hydrogen-bond acceptors (Lipinski definition) is 2. The van der Waals surface area contributed by atoms with Crippen LogP contribution in [-0.2, 0) is 12.8 Å². The van der Waals surface area contributed by atoms with Gasteiger partial charge in [-0.3, -0.25) is 5.41 Å². The normalized spacial score (nSPS) is 10.4. The van der Waals surface area contributed by atoms with Crippen LogP contribution in [0.4, 0.5) is 0 Å². The van der Waals surface area contributed by atoms with Crippen LogP contribution in [0.3, 0.4) is 0 Å². The standard InChI is InChI=1S/C17H19NO/c1-3-12-8-7-9-13(4-2)16(12)17(18)14-10-5-6-11-15(14)19/h5-11,18-19H,3-4H2,1-2H3. The van der Waals surface area contributed by atoms with Gasteiger partial charge in [0.25, 0.3) is 0 Å². The summed E-state index contributed by atoms with van der Waals surface area (Å²) in [5.74, 6) is 0.167. The number of nitrogens with one attached hydrogen (secondary N) is 1. The molecule has 0 saturated heterocycles. The van der Waals surface area contributed by atoms with E-state index in [1.165, 1.54) is 0 Å². The molecule has 0 fully saturated rings. The predicted molar refractivity (Wildman–Crippen MR) is 79.2 cm³/mol. The summed E-state index contributed by atoms with van der Waals surface area (Å²) < 4.78 is 0. The lowest BCUT2D eigenvalue weighted by Crippen LogP contribution is -2.09. The summed E-state index contributed by atoms with van der Waals surface area (Å²) in [6, 6.07) is 13.2. The monoisotopic (exact) mass is 253 g/mol. The Balaban J connectivity index is 2.58. The molecule has 0 aliphatic heterocycles. The lowest BCUT2D eigenvalue weighted by molar-refractivity contribution is 0.474. The van der Waals surface area contributed by atoms with E-state index in [9.17, 15) is 5.11 Å². The van der Waals surface area contributed by atoms with Crippen molar-refractivity contribution in [2.75, 3.05) is 0 Å². The third kappa shape index (κ3) is 2.53. The average Bonchev–Trinajstić information content (AvgIpc) is 2.46. The number of hydrogen-bond donors (Lipinski definition) is 2. The van der Waals surface area contributed by atoms with Crippen molar-refractivity contribution in [1.29, 1.82) is 5.41 Å². The number of benzene rings is 2. The van der Waals surface area contributed by atoms with Gasteiger partial charge in [-0.15, -0.1) is 0 Å². The largest absolute Gasteiger partial charge is 0.507 e. The van der Waals surface area contributed by atoms with Crippen LogP contribution >= 0.6 is 0 Å². The Labute approximate surface area is 114 Å². The number of para-hydroxylation sites is 1. The summed E-state index contributed by atoms with van der Waals surface area (Å²) in [5.41, 5.74) is 4.29. The molecule has 2 aromatic carbocycles. The Morgan fingerprint density at radius 1 is 0.947 bits per heavy atom. The molecule has 2 nitrogen and oxygen atoms in total.